The van der Waals surface area contributed by atoms with Crippen molar-refractivity contribution < 1.29 is 14.0 Å². The first kappa shape index (κ1) is 23.1. The molecule has 2 heterocycles. The Labute approximate surface area is 200 Å². The summed E-state index contributed by atoms with van der Waals surface area (Å²) in [5.74, 6) is -0.104. The van der Waals surface area contributed by atoms with Crippen molar-refractivity contribution in [1.29, 1.82) is 5.26 Å². The maximum absolute atomic E-state index is 13.7. The highest BCUT2D eigenvalue weighted by atomic mass is 19.1. The van der Waals surface area contributed by atoms with Gasteiger partial charge in [0, 0.05) is 41.8 Å². The molecular formula is C26H34FN5O2. The zero-order valence-electron chi connectivity index (χ0n) is 19.7. The number of likely N-dealkylation sites (tertiary alicyclic amines) is 1. The van der Waals surface area contributed by atoms with Gasteiger partial charge in [-0.05, 0) is 75.6 Å². The molecule has 182 valence electrons. The highest BCUT2D eigenvalue weighted by molar-refractivity contribution is 5.95. The lowest BCUT2D eigenvalue weighted by Gasteiger charge is -2.52. The molecule has 8 heteroatoms. The van der Waals surface area contributed by atoms with Gasteiger partial charge >= 0.3 is 0 Å². The third-order valence-corrected chi connectivity index (χ3v) is 8.66. The molecule has 3 saturated carbocycles. The van der Waals surface area contributed by atoms with E-state index in [1.165, 1.54) is 23.4 Å². The molecular weight excluding hydrogens is 433 g/mol. The van der Waals surface area contributed by atoms with Gasteiger partial charge in [-0.15, -0.1) is 0 Å². The van der Waals surface area contributed by atoms with Crippen molar-refractivity contribution in [3.8, 4) is 6.07 Å². The van der Waals surface area contributed by atoms with E-state index in [9.17, 15) is 19.2 Å². The standard InChI is InChI=1S/C26H34FN5O2/c27-19-15-22(16-28)32(18-19)23(33)17-29-26-10-7-25(8-11-26,9-12-26)24(34)30-20-3-5-21(6-4-20)31-13-1-2-14-31/h3-6,19,22,29H,1-2,7-15,17-18H2,(H,30,34)/t19-,22-,25?,26?/m0/s1. The van der Waals surface area contributed by atoms with Gasteiger partial charge in [0.2, 0.25) is 11.8 Å². The molecule has 1 aromatic carbocycles. The maximum Gasteiger partial charge on any atom is 0.237 e. The normalized spacial score (nSPS) is 32.6. The Kier molecular flexibility index (Phi) is 6.24. The number of fused-ring (bicyclic) bond motifs is 3. The summed E-state index contributed by atoms with van der Waals surface area (Å²) in [7, 11) is 0. The molecule has 5 aliphatic rings. The number of anilines is 2. The topological polar surface area (TPSA) is 88.5 Å². The van der Waals surface area contributed by atoms with Crippen molar-refractivity contribution in [3.63, 3.8) is 0 Å². The number of nitriles is 1. The first-order chi connectivity index (χ1) is 16.4. The fourth-order valence-corrected chi connectivity index (χ4v) is 6.33. The molecule has 6 rings (SSSR count). The Hall–Kier alpha value is -2.66. The highest BCUT2D eigenvalue weighted by Gasteiger charge is 2.52. The summed E-state index contributed by atoms with van der Waals surface area (Å²) in [6, 6.07) is 9.56. The third kappa shape index (κ3) is 4.38. The van der Waals surface area contributed by atoms with E-state index < -0.39 is 12.2 Å². The Morgan fingerprint density at radius 1 is 1.06 bits per heavy atom. The molecule has 1 aromatic rings. The average molecular weight is 468 g/mol. The lowest BCUT2D eigenvalue weighted by Crippen LogP contribution is -2.59. The van der Waals surface area contributed by atoms with E-state index in [-0.39, 0.29) is 42.3 Å². The first-order valence-electron chi connectivity index (χ1n) is 12.7. The molecule has 5 fully saturated rings. The average Bonchev–Trinajstić information content (AvgIpc) is 3.54. The number of halogens is 1. The van der Waals surface area contributed by atoms with Gasteiger partial charge in [0.15, 0.2) is 0 Å². The van der Waals surface area contributed by atoms with Crippen LogP contribution in [0.1, 0.15) is 57.8 Å². The first-order valence-corrected chi connectivity index (χ1v) is 12.7. The van der Waals surface area contributed by atoms with Crippen LogP contribution in [0.15, 0.2) is 24.3 Å². The van der Waals surface area contributed by atoms with Crippen molar-refractivity contribution in [1.82, 2.24) is 10.2 Å². The molecule has 2 N–H and O–H groups in total. The van der Waals surface area contributed by atoms with Crippen LogP contribution in [0.5, 0.6) is 0 Å². The SMILES string of the molecule is N#C[C@@H]1C[C@H](F)CN1C(=O)CNC12CCC(C(=O)Nc3ccc(N4CCCC4)cc3)(CC1)CC2. The van der Waals surface area contributed by atoms with Gasteiger partial charge in [-0.2, -0.15) is 5.26 Å². The Morgan fingerprint density at radius 2 is 1.71 bits per heavy atom. The number of alkyl halides is 1. The van der Waals surface area contributed by atoms with E-state index in [0.29, 0.717) is 0 Å². The predicted octanol–water partition coefficient (Wildman–Crippen LogP) is 3.37. The number of benzene rings is 1. The predicted molar refractivity (Wildman–Crippen MR) is 128 cm³/mol. The number of nitrogens with one attached hydrogen (secondary N) is 2. The maximum atomic E-state index is 13.7. The van der Waals surface area contributed by atoms with Crippen molar-refractivity contribution in [2.45, 2.75) is 75.5 Å². The largest absolute Gasteiger partial charge is 0.372 e. The van der Waals surface area contributed by atoms with Crippen LogP contribution in [0.3, 0.4) is 0 Å². The summed E-state index contributed by atoms with van der Waals surface area (Å²) < 4.78 is 13.7. The van der Waals surface area contributed by atoms with E-state index in [4.69, 9.17) is 0 Å². The van der Waals surface area contributed by atoms with E-state index in [0.717, 1.165) is 57.3 Å². The minimum Gasteiger partial charge on any atom is -0.372 e. The molecule has 2 atom stereocenters. The van der Waals surface area contributed by atoms with Crippen LogP contribution in [-0.2, 0) is 9.59 Å². The van der Waals surface area contributed by atoms with Gasteiger partial charge in [0.25, 0.3) is 0 Å². The van der Waals surface area contributed by atoms with Gasteiger partial charge in [-0.1, -0.05) is 0 Å². The Morgan fingerprint density at radius 3 is 2.32 bits per heavy atom. The summed E-state index contributed by atoms with van der Waals surface area (Å²) in [5.41, 5.74) is 1.57. The van der Waals surface area contributed by atoms with E-state index in [1.807, 2.05) is 18.2 Å². The molecule has 0 aromatic heterocycles. The number of rotatable bonds is 6. The van der Waals surface area contributed by atoms with Crippen LogP contribution in [0.2, 0.25) is 0 Å². The van der Waals surface area contributed by atoms with Gasteiger partial charge in [-0.3, -0.25) is 9.59 Å². The molecule has 2 amide bonds. The van der Waals surface area contributed by atoms with Crippen molar-refractivity contribution in [3.05, 3.63) is 24.3 Å². The summed E-state index contributed by atoms with van der Waals surface area (Å²) in [4.78, 5) is 29.6. The molecule has 0 radical (unpaired) electrons. The number of nitrogens with zero attached hydrogens (tertiary/aromatic N) is 3. The van der Waals surface area contributed by atoms with Crippen LogP contribution in [0, 0.1) is 16.7 Å². The quantitative estimate of drug-likeness (QED) is 0.670. The van der Waals surface area contributed by atoms with Crippen molar-refractivity contribution in [2.75, 3.05) is 36.4 Å². The second-order valence-electron chi connectivity index (χ2n) is 10.6. The minimum absolute atomic E-state index is 0.00797. The number of hydrogen-bond donors (Lipinski definition) is 2. The molecule has 0 spiro atoms. The van der Waals surface area contributed by atoms with E-state index in [2.05, 4.69) is 27.7 Å². The smallest absolute Gasteiger partial charge is 0.237 e. The van der Waals surface area contributed by atoms with E-state index >= 15 is 0 Å². The lowest BCUT2D eigenvalue weighted by atomic mass is 9.57. The molecule has 7 nitrogen and oxygen atoms in total. The second kappa shape index (κ2) is 9.18. The van der Waals surface area contributed by atoms with Gasteiger partial charge in [0.05, 0.1) is 19.2 Å². The highest BCUT2D eigenvalue weighted by Crippen LogP contribution is 2.52. The molecule has 2 bridgehead atoms. The molecule has 0 unspecified atom stereocenters. The van der Waals surface area contributed by atoms with Crippen LogP contribution in [-0.4, -0.2) is 60.6 Å². The van der Waals surface area contributed by atoms with Gasteiger partial charge in [-0.25, -0.2) is 4.39 Å². The van der Waals surface area contributed by atoms with Crippen LogP contribution in [0.4, 0.5) is 15.8 Å². The Bertz CT molecular complexity index is 944. The van der Waals surface area contributed by atoms with Gasteiger partial charge < -0.3 is 20.4 Å². The zero-order valence-corrected chi connectivity index (χ0v) is 19.7. The number of amides is 2. The third-order valence-electron chi connectivity index (χ3n) is 8.66. The Balaban J connectivity index is 1.14. The summed E-state index contributed by atoms with van der Waals surface area (Å²) in [6.07, 6.45) is 6.37. The number of carbonyl (C=O) groups is 2. The lowest BCUT2D eigenvalue weighted by molar-refractivity contribution is -0.135. The summed E-state index contributed by atoms with van der Waals surface area (Å²) in [6.45, 7) is 2.33. The van der Waals surface area contributed by atoms with Crippen LogP contribution >= 0.6 is 0 Å². The monoisotopic (exact) mass is 467 g/mol. The van der Waals surface area contributed by atoms with Crippen molar-refractivity contribution >= 4 is 23.2 Å². The zero-order chi connectivity index (χ0) is 23.8. The summed E-state index contributed by atoms with van der Waals surface area (Å²) >= 11 is 0. The fraction of sp³-hybridized carbons (Fsp3) is 0.654. The molecule has 3 aliphatic carbocycles. The molecule has 2 saturated heterocycles. The van der Waals surface area contributed by atoms with Crippen molar-refractivity contribution in [2.24, 2.45) is 5.41 Å². The molecule has 34 heavy (non-hydrogen) atoms. The number of carbonyl (C=O) groups excluding carboxylic acids is 2. The minimum atomic E-state index is -1.12. The number of hydrogen-bond acceptors (Lipinski definition) is 5. The van der Waals surface area contributed by atoms with Crippen LogP contribution in [0.25, 0.3) is 0 Å². The summed E-state index contributed by atoms with van der Waals surface area (Å²) in [5, 5.41) is 15.8. The fourth-order valence-electron chi connectivity index (χ4n) is 6.33. The molecule has 2 aliphatic heterocycles. The van der Waals surface area contributed by atoms with E-state index in [1.54, 1.807) is 0 Å². The van der Waals surface area contributed by atoms with Crippen LogP contribution < -0.4 is 15.5 Å². The van der Waals surface area contributed by atoms with Gasteiger partial charge in [0.1, 0.15) is 12.2 Å². The second-order valence-corrected chi connectivity index (χ2v) is 10.6.